The molecule has 0 fully saturated rings. The van der Waals surface area contributed by atoms with Gasteiger partial charge in [-0.15, -0.1) is 10.2 Å². The van der Waals surface area contributed by atoms with E-state index >= 15 is 4.79 Å². The zero-order valence-corrected chi connectivity index (χ0v) is 28.7. The van der Waals surface area contributed by atoms with Gasteiger partial charge in [-0.25, -0.2) is 0 Å². The van der Waals surface area contributed by atoms with Crippen LogP contribution in [0.1, 0.15) is 43.9 Å². The summed E-state index contributed by atoms with van der Waals surface area (Å²) in [6.07, 6.45) is 0. The number of carbonyl (C=O) groups is 2. The molecule has 2 amide bonds. The van der Waals surface area contributed by atoms with Crippen molar-refractivity contribution >= 4 is 67.5 Å². The molecule has 0 saturated carbocycles. The van der Waals surface area contributed by atoms with E-state index in [1.54, 1.807) is 17.0 Å². The third kappa shape index (κ3) is 4.41. The van der Waals surface area contributed by atoms with E-state index in [2.05, 4.69) is 34.5 Å². The molecular formula is C40H28N4O4S2. The molecule has 2 aromatic heterocycles. The molecule has 5 aromatic carbocycles. The Bertz CT molecular complexity index is 2590. The minimum atomic E-state index is -1.84. The lowest BCUT2D eigenvalue weighted by molar-refractivity contribution is -0.121. The highest BCUT2D eigenvalue weighted by Gasteiger charge is 2.66. The van der Waals surface area contributed by atoms with E-state index in [0.29, 0.717) is 32.3 Å². The fourth-order valence-electron chi connectivity index (χ4n) is 7.25. The van der Waals surface area contributed by atoms with Gasteiger partial charge < -0.3 is 9.32 Å². The van der Waals surface area contributed by atoms with Crippen LogP contribution in [0.4, 0.5) is 10.8 Å². The molecule has 0 aliphatic carbocycles. The molecule has 8 nitrogen and oxygen atoms in total. The first kappa shape index (κ1) is 30.5. The number of rotatable bonds is 6. The number of carbonyl (C=O) groups excluding carboxylic acids is 2. The van der Waals surface area contributed by atoms with Crippen molar-refractivity contribution in [2.75, 3.05) is 9.80 Å². The first-order chi connectivity index (χ1) is 24.4. The molecule has 9 rings (SSSR count). The van der Waals surface area contributed by atoms with Crippen molar-refractivity contribution in [2.24, 2.45) is 0 Å². The SMILES string of the molecule is Cc1cc2oc3c(c(=O)c2cc1C)C1(C(=O)N(Cc2ccccc2)c2ccccc21)N(c1nnc(SCc2cccc4ccccc24)s1)C3=O. The summed E-state index contributed by atoms with van der Waals surface area (Å²) in [5, 5.41) is 11.8. The minimum Gasteiger partial charge on any atom is -0.450 e. The van der Waals surface area contributed by atoms with Gasteiger partial charge in [0.05, 0.1) is 23.2 Å². The predicted molar refractivity (Wildman–Crippen MR) is 197 cm³/mol. The first-order valence-electron chi connectivity index (χ1n) is 16.2. The Morgan fingerprint density at radius 3 is 2.40 bits per heavy atom. The molecule has 10 heteroatoms. The van der Waals surface area contributed by atoms with Crippen molar-refractivity contribution in [1.82, 2.24) is 10.2 Å². The number of anilines is 2. The van der Waals surface area contributed by atoms with Crippen LogP contribution in [0.5, 0.6) is 0 Å². The van der Waals surface area contributed by atoms with Crippen molar-refractivity contribution in [3.05, 3.63) is 159 Å². The standard InChI is InChI=1S/C40H28N4O4S2/c1-23-19-29-32(20-24(23)2)48-35-33(34(29)45)40(30-17-8-9-18-31(30)43(37(40)47)21-25-11-4-3-5-12-25)44(36(35)46)38-41-42-39(50-38)49-22-27-15-10-14-26-13-6-7-16-28(26)27/h3-20H,21-22H2,1-2H3. The second-order valence-electron chi connectivity index (χ2n) is 12.6. The van der Waals surface area contributed by atoms with E-state index in [0.717, 1.165) is 33.0 Å². The fourth-order valence-corrected chi connectivity index (χ4v) is 9.15. The molecule has 50 heavy (non-hydrogen) atoms. The van der Waals surface area contributed by atoms with Gasteiger partial charge in [-0.05, 0) is 65.1 Å². The van der Waals surface area contributed by atoms with E-state index in [9.17, 15) is 9.59 Å². The Morgan fingerprint density at radius 2 is 1.54 bits per heavy atom. The van der Waals surface area contributed by atoms with E-state index in [1.165, 1.54) is 28.0 Å². The van der Waals surface area contributed by atoms with Crippen LogP contribution in [-0.2, 0) is 22.6 Å². The highest BCUT2D eigenvalue weighted by molar-refractivity contribution is 8.00. The quantitative estimate of drug-likeness (QED) is 0.128. The first-order valence-corrected chi connectivity index (χ1v) is 18.0. The van der Waals surface area contributed by atoms with E-state index < -0.39 is 22.8 Å². The lowest BCUT2D eigenvalue weighted by Gasteiger charge is -2.32. The number of nitrogens with zero attached hydrogens (tertiary/aromatic N) is 4. The molecule has 1 unspecified atom stereocenters. The molecule has 0 radical (unpaired) electrons. The summed E-state index contributed by atoms with van der Waals surface area (Å²) in [4.78, 5) is 47.7. The number of hydrogen-bond acceptors (Lipinski definition) is 8. The molecule has 2 aliphatic rings. The summed E-state index contributed by atoms with van der Waals surface area (Å²) in [7, 11) is 0. The molecule has 0 N–H and O–H groups in total. The molecule has 2 aliphatic heterocycles. The van der Waals surface area contributed by atoms with Gasteiger partial charge in [-0.3, -0.25) is 19.3 Å². The number of thioether (sulfide) groups is 1. The maximum atomic E-state index is 15.2. The summed E-state index contributed by atoms with van der Waals surface area (Å²) in [5.41, 5.74) is 3.05. The van der Waals surface area contributed by atoms with Gasteiger partial charge in [-0.1, -0.05) is 114 Å². The van der Waals surface area contributed by atoms with Crippen LogP contribution in [0.15, 0.2) is 123 Å². The third-order valence-corrected chi connectivity index (χ3v) is 11.8. The molecule has 4 heterocycles. The largest absolute Gasteiger partial charge is 0.450 e. The second kappa shape index (κ2) is 11.5. The molecular weight excluding hydrogens is 665 g/mol. The number of aryl methyl sites for hydroxylation is 2. The summed E-state index contributed by atoms with van der Waals surface area (Å²) in [5.74, 6) is -0.559. The van der Waals surface area contributed by atoms with Crippen LogP contribution in [0, 0.1) is 13.8 Å². The fraction of sp³-hybridized carbons (Fsp3) is 0.125. The van der Waals surface area contributed by atoms with Crippen molar-refractivity contribution in [1.29, 1.82) is 0 Å². The van der Waals surface area contributed by atoms with Crippen LogP contribution < -0.4 is 15.2 Å². The highest BCUT2D eigenvalue weighted by atomic mass is 32.2. The van der Waals surface area contributed by atoms with E-state index in [1.807, 2.05) is 86.6 Å². The molecule has 0 saturated heterocycles. The lowest BCUT2D eigenvalue weighted by atomic mass is 9.84. The van der Waals surface area contributed by atoms with Crippen molar-refractivity contribution in [3.8, 4) is 0 Å². The highest BCUT2D eigenvalue weighted by Crippen LogP contribution is 2.55. The number of hydrogen-bond donors (Lipinski definition) is 0. The monoisotopic (exact) mass is 692 g/mol. The Balaban J connectivity index is 1.22. The van der Waals surface area contributed by atoms with Crippen LogP contribution in [0.3, 0.4) is 0 Å². The van der Waals surface area contributed by atoms with Crippen LogP contribution >= 0.6 is 23.1 Å². The van der Waals surface area contributed by atoms with Gasteiger partial charge >= 0.3 is 0 Å². The van der Waals surface area contributed by atoms with Gasteiger partial charge in [0.1, 0.15) is 5.58 Å². The van der Waals surface area contributed by atoms with Crippen LogP contribution in [-0.4, -0.2) is 22.0 Å². The zero-order chi connectivity index (χ0) is 34.1. The minimum absolute atomic E-state index is 0.00595. The Labute approximate surface area is 295 Å². The Morgan fingerprint density at radius 1 is 0.800 bits per heavy atom. The van der Waals surface area contributed by atoms with Gasteiger partial charge in [0.25, 0.3) is 11.8 Å². The molecule has 244 valence electrons. The van der Waals surface area contributed by atoms with E-state index in [4.69, 9.17) is 4.42 Å². The second-order valence-corrected chi connectivity index (χ2v) is 14.8. The van der Waals surface area contributed by atoms with Crippen LogP contribution in [0.25, 0.3) is 21.7 Å². The average molecular weight is 693 g/mol. The number of aromatic nitrogens is 2. The number of amides is 2. The zero-order valence-electron chi connectivity index (χ0n) is 27.0. The molecule has 0 bridgehead atoms. The molecule has 1 spiro atoms. The van der Waals surface area contributed by atoms with E-state index in [-0.39, 0.29) is 23.0 Å². The number of fused-ring (bicyclic) bond motifs is 6. The van der Waals surface area contributed by atoms with Crippen molar-refractivity contribution < 1.29 is 14.0 Å². The molecule has 7 aromatic rings. The smallest absolute Gasteiger partial charge is 0.297 e. The summed E-state index contributed by atoms with van der Waals surface area (Å²) >= 11 is 2.73. The Kier molecular flexibility index (Phi) is 7.01. The normalized spacial score (nSPS) is 16.6. The van der Waals surface area contributed by atoms with Gasteiger partial charge in [0.2, 0.25) is 10.9 Å². The average Bonchev–Trinajstić information content (AvgIpc) is 3.77. The summed E-state index contributed by atoms with van der Waals surface area (Å²) in [6.45, 7) is 4.09. The lowest BCUT2D eigenvalue weighted by Crippen LogP contribution is -2.53. The maximum Gasteiger partial charge on any atom is 0.297 e. The van der Waals surface area contributed by atoms with Crippen molar-refractivity contribution in [3.63, 3.8) is 0 Å². The summed E-state index contributed by atoms with van der Waals surface area (Å²) in [6, 6.07) is 35.0. The van der Waals surface area contributed by atoms with Gasteiger partial charge in [0.15, 0.2) is 15.3 Å². The van der Waals surface area contributed by atoms with Crippen LogP contribution in [0.2, 0.25) is 0 Å². The molecule has 1 atom stereocenters. The van der Waals surface area contributed by atoms with Gasteiger partial charge in [-0.2, -0.15) is 0 Å². The number of para-hydroxylation sites is 1. The maximum absolute atomic E-state index is 15.2. The predicted octanol–water partition coefficient (Wildman–Crippen LogP) is 8.16. The van der Waals surface area contributed by atoms with Crippen molar-refractivity contribution in [2.45, 2.75) is 36.0 Å². The topological polar surface area (TPSA) is 96.6 Å². The summed E-state index contributed by atoms with van der Waals surface area (Å²) < 4.78 is 6.96. The van der Waals surface area contributed by atoms with Gasteiger partial charge in [0, 0.05) is 11.3 Å². The Hall–Kier alpha value is -5.58. The third-order valence-electron chi connectivity index (χ3n) is 9.74. The number of benzene rings is 5.